The molecule has 0 aliphatic carbocycles. The van der Waals surface area contributed by atoms with Crippen LogP contribution in [0.1, 0.15) is 5.69 Å². The van der Waals surface area contributed by atoms with Crippen LogP contribution in [0.25, 0.3) is 22.0 Å². The molecule has 0 amide bonds. The first-order chi connectivity index (χ1) is 9.20. The number of hydrogen-bond donors (Lipinski definition) is 2. The summed E-state index contributed by atoms with van der Waals surface area (Å²) < 4.78 is 14.0. The number of halogens is 2. The van der Waals surface area contributed by atoms with E-state index in [9.17, 15) is 4.39 Å². The van der Waals surface area contributed by atoms with Crippen LogP contribution in [-0.2, 0) is 6.54 Å². The van der Waals surface area contributed by atoms with Gasteiger partial charge < -0.3 is 10.7 Å². The van der Waals surface area contributed by atoms with E-state index in [1.165, 1.54) is 6.07 Å². The predicted molar refractivity (Wildman–Crippen MR) is 76.6 cm³/mol. The Bertz CT molecular complexity index is 749. The van der Waals surface area contributed by atoms with E-state index in [2.05, 4.69) is 4.98 Å². The van der Waals surface area contributed by atoms with Crippen molar-refractivity contribution in [3.63, 3.8) is 0 Å². The molecule has 1 heterocycles. The van der Waals surface area contributed by atoms with Gasteiger partial charge in [0.2, 0.25) is 0 Å². The molecule has 2 aromatic carbocycles. The summed E-state index contributed by atoms with van der Waals surface area (Å²) in [6, 6.07) is 12.2. The molecule has 96 valence electrons. The number of rotatable bonds is 2. The van der Waals surface area contributed by atoms with Crippen LogP contribution >= 0.6 is 11.6 Å². The first kappa shape index (κ1) is 12.2. The summed E-state index contributed by atoms with van der Waals surface area (Å²) in [6.07, 6.45) is 0. The highest BCUT2D eigenvalue weighted by molar-refractivity contribution is 6.31. The van der Waals surface area contributed by atoms with Gasteiger partial charge in [0.1, 0.15) is 5.82 Å². The Kier molecular flexibility index (Phi) is 3.01. The fourth-order valence-corrected chi connectivity index (χ4v) is 2.52. The van der Waals surface area contributed by atoms with Crippen LogP contribution in [0.4, 0.5) is 4.39 Å². The molecular weight excluding hydrogens is 263 g/mol. The van der Waals surface area contributed by atoms with Crippen molar-refractivity contribution in [1.29, 1.82) is 0 Å². The van der Waals surface area contributed by atoms with Gasteiger partial charge in [-0.3, -0.25) is 0 Å². The minimum absolute atomic E-state index is 0.266. The molecule has 1 aromatic heterocycles. The van der Waals surface area contributed by atoms with Gasteiger partial charge in [0.25, 0.3) is 0 Å². The second-order valence-corrected chi connectivity index (χ2v) is 4.79. The molecule has 2 nitrogen and oxygen atoms in total. The molecule has 0 atom stereocenters. The Morgan fingerprint density at radius 1 is 1.16 bits per heavy atom. The summed E-state index contributed by atoms with van der Waals surface area (Å²) in [6.45, 7) is 0.315. The van der Waals surface area contributed by atoms with E-state index >= 15 is 0 Å². The van der Waals surface area contributed by atoms with Crippen molar-refractivity contribution in [3.05, 3.63) is 59.0 Å². The maximum atomic E-state index is 14.0. The molecule has 0 radical (unpaired) electrons. The van der Waals surface area contributed by atoms with Crippen molar-refractivity contribution in [1.82, 2.24) is 4.98 Å². The van der Waals surface area contributed by atoms with Gasteiger partial charge in [-0.1, -0.05) is 29.8 Å². The molecule has 0 fully saturated rings. The van der Waals surface area contributed by atoms with Gasteiger partial charge in [-0.15, -0.1) is 0 Å². The summed E-state index contributed by atoms with van der Waals surface area (Å²) >= 11 is 6.03. The number of aromatic amines is 1. The van der Waals surface area contributed by atoms with Crippen LogP contribution in [-0.4, -0.2) is 4.98 Å². The van der Waals surface area contributed by atoms with Crippen molar-refractivity contribution < 1.29 is 4.39 Å². The normalized spacial score (nSPS) is 11.1. The summed E-state index contributed by atoms with van der Waals surface area (Å²) in [5.74, 6) is -0.266. The average molecular weight is 275 g/mol. The first-order valence-corrected chi connectivity index (χ1v) is 6.33. The third kappa shape index (κ3) is 2.01. The van der Waals surface area contributed by atoms with E-state index in [0.29, 0.717) is 17.1 Å². The van der Waals surface area contributed by atoms with Crippen molar-refractivity contribution in [2.24, 2.45) is 5.73 Å². The molecule has 3 rings (SSSR count). The van der Waals surface area contributed by atoms with E-state index in [4.69, 9.17) is 17.3 Å². The van der Waals surface area contributed by atoms with E-state index in [1.54, 1.807) is 18.2 Å². The molecule has 0 saturated carbocycles. The van der Waals surface area contributed by atoms with E-state index in [-0.39, 0.29) is 5.82 Å². The van der Waals surface area contributed by atoms with Crippen LogP contribution in [0.2, 0.25) is 5.02 Å². The lowest BCUT2D eigenvalue weighted by molar-refractivity contribution is 0.631. The zero-order valence-corrected chi connectivity index (χ0v) is 10.8. The van der Waals surface area contributed by atoms with Crippen molar-refractivity contribution in [3.8, 4) is 11.1 Å². The highest BCUT2D eigenvalue weighted by Gasteiger charge is 2.15. The Morgan fingerprint density at radius 3 is 2.68 bits per heavy atom. The second-order valence-electron chi connectivity index (χ2n) is 4.35. The SMILES string of the molecule is NCc1[nH]c2ccc(Cl)cc2c1-c1ccccc1F. The quantitative estimate of drug-likeness (QED) is 0.726. The number of aromatic nitrogens is 1. The summed E-state index contributed by atoms with van der Waals surface area (Å²) in [5.41, 5.74) is 8.79. The first-order valence-electron chi connectivity index (χ1n) is 5.96. The molecule has 0 aliphatic rings. The Balaban J connectivity index is 2.38. The van der Waals surface area contributed by atoms with Crippen molar-refractivity contribution in [2.45, 2.75) is 6.54 Å². The smallest absolute Gasteiger partial charge is 0.131 e. The van der Waals surface area contributed by atoms with Crippen LogP contribution in [0.15, 0.2) is 42.5 Å². The average Bonchev–Trinajstić information content (AvgIpc) is 2.77. The number of fused-ring (bicyclic) bond motifs is 1. The molecule has 4 heteroatoms. The van der Waals surface area contributed by atoms with Gasteiger partial charge in [0, 0.05) is 39.3 Å². The molecule has 0 unspecified atom stereocenters. The van der Waals surface area contributed by atoms with Gasteiger partial charge >= 0.3 is 0 Å². The molecule has 19 heavy (non-hydrogen) atoms. The number of benzene rings is 2. The predicted octanol–water partition coefficient (Wildman–Crippen LogP) is 4.09. The van der Waals surface area contributed by atoms with Gasteiger partial charge in [-0.05, 0) is 24.3 Å². The van der Waals surface area contributed by atoms with E-state index < -0.39 is 0 Å². The Hall–Kier alpha value is -1.84. The third-order valence-corrected chi connectivity index (χ3v) is 3.42. The van der Waals surface area contributed by atoms with Crippen molar-refractivity contribution in [2.75, 3.05) is 0 Å². The minimum atomic E-state index is -0.266. The maximum absolute atomic E-state index is 14.0. The third-order valence-electron chi connectivity index (χ3n) is 3.19. The van der Waals surface area contributed by atoms with Crippen molar-refractivity contribution >= 4 is 22.5 Å². The van der Waals surface area contributed by atoms with E-state index in [1.807, 2.05) is 18.2 Å². The Morgan fingerprint density at radius 2 is 1.95 bits per heavy atom. The second kappa shape index (κ2) is 4.68. The molecule has 3 aromatic rings. The zero-order chi connectivity index (χ0) is 13.4. The molecular formula is C15H12ClFN2. The standard InChI is InChI=1S/C15H12ClFN2/c16-9-5-6-13-11(7-9)15(14(8-18)19-13)10-3-1-2-4-12(10)17/h1-7,19H,8,18H2. The summed E-state index contributed by atoms with van der Waals surface area (Å²) in [7, 11) is 0. The van der Waals surface area contributed by atoms with Crippen LogP contribution in [0.5, 0.6) is 0 Å². The minimum Gasteiger partial charge on any atom is -0.357 e. The topological polar surface area (TPSA) is 41.8 Å². The highest BCUT2D eigenvalue weighted by Crippen LogP contribution is 2.35. The lowest BCUT2D eigenvalue weighted by atomic mass is 10.0. The number of nitrogens with two attached hydrogens (primary N) is 1. The van der Waals surface area contributed by atoms with Crippen LogP contribution in [0, 0.1) is 5.82 Å². The monoisotopic (exact) mass is 274 g/mol. The molecule has 0 bridgehead atoms. The van der Waals surface area contributed by atoms with Gasteiger partial charge in [-0.2, -0.15) is 0 Å². The van der Waals surface area contributed by atoms with Gasteiger partial charge in [-0.25, -0.2) is 4.39 Å². The summed E-state index contributed by atoms with van der Waals surface area (Å²) in [5, 5.41) is 1.51. The fourth-order valence-electron chi connectivity index (χ4n) is 2.34. The number of nitrogens with one attached hydrogen (secondary N) is 1. The van der Waals surface area contributed by atoms with Crippen LogP contribution in [0.3, 0.4) is 0 Å². The molecule has 0 saturated heterocycles. The highest BCUT2D eigenvalue weighted by atomic mass is 35.5. The largest absolute Gasteiger partial charge is 0.357 e. The van der Waals surface area contributed by atoms with Gasteiger partial charge in [0.15, 0.2) is 0 Å². The number of H-pyrrole nitrogens is 1. The van der Waals surface area contributed by atoms with Gasteiger partial charge in [0.05, 0.1) is 0 Å². The molecule has 0 spiro atoms. The molecule has 0 aliphatic heterocycles. The fraction of sp³-hybridized carbons (Fsp3) is 0.0667. The lowest BCUT2D eigenvalue weighted by Gasteiger charge is -2.05. The number of hydrogen-bond acceptors (Lipinski definition) is 1. The van der Waals surface area contributed by atoms with E-state index in [0.717, 1.165) is 22.2 Å². The summed E-state index contributed by atoms with van der Waals surface area (Å²) in [4.78, 5) is 3.22. The maximum Gasteiger partial charge on any atom is 0.131 e. The zero-order valence-electron chi connectivity index (χ0n) is 10.1. The van der Waals surface area contributed by atoms with Crippen LogP contribution < -0.4 is 5.73 Å². The molecule has 3 N–H and O–H groups in total. The lowest BCUT2D eigenvalue weighted by Crippen LogP contribution is -1.99. The Labute approximate surface area is 115 Å².